The molecule has 154 valence electrons. The van der Waals surface area contributed by atoms with Crippen LogP contribution in [0.25, 0.3) is 0 Å². The van der Waals surface area contributed by atoms with Crippen molar-refractivity contribution < 1.29 is 23.0 Å². The Labute approximate surface area is 165 Å². The highest BCUT2D eigenvalue weighted by atomic mass is 32.2. The average molecular weight is 410 g/mol. The molecule has 0 bridgehead atoms. The number of benzene rings is 1. The minimum absolute atomic E-state index is 0.0238. The standard InChI is InChI=1S/C19H27N3O5S/c1-12(2)26-16-7-14(18-20-10-13(3)19(23)21-18)8-17(9-16)27-15-5-6-22(11-15)28(4,24)25/h7-10,12,15,19,23H,5-6,11H2,1-4H3,(H,20,21). The zero-order valence-corrected chi connectivity index (χ0v) is 17.4. The molecule has 3 rings (SSSR count). The zero-order chi connectivity index (χ0) is 20.5. The Hall–Kier alpha value is -2.10. The van der Waals surface area contributed by atoms with Crippen LogP contribution in [0.2, 0.25) is 0 Å². The first-order valence-corrected chi connectivity index (χ1v) is 11.1. The quantitative estimate of drug-likeness (QED) is 0.738. The first-order chi connectivity index (χ1) is 13.1. The van der Waals surface area contributed by atoms with E-state index in [4.69, 9.17) is 9.47 Å². The monoisotopic (exact) mass is 409 g/mol. The van der Waals surface area contributed by atoms with Crippen molar-refractivity contribution in [2.75, 3.05) is 19.3 Å². The maximum absolute atomic E-state index is 11.7. The number of ether oxygens (including phenoxy) is 2. The van der Waals surface area contributed by atoms with Crippen LogP contribution < -0.4 is 14.8 Å². The van der Waals surface area contributed by atoms with Crippen LogP contribution in [0, 0.1) is 0 Å². The summed E-state index contributed by atoms with van der Waals surface area (Å²) < 4.78 is 36.7. The third-order valence-electron chi connectivity index (χ3n) is 4.50. The highest BCUT2D eigenvalue weighted by molar-refractivity contribution is 7.88. The van der Waals surface area contributed by atoms with Gasteiger partial charge in [-0.15, -0.1) is 0 Å². The van der Waals surface area contributed by atoms with Gasteiger partial charge in [0.1, 0.15) is 23.4 Å². The van der Waals surface area contributed by atoms with Crippen molar-refractivity contribution in [1.29, 1.82) is 0 Å². The number of aliphatic imine (C=N–C) groups is 1. The number of rotatable bonds is 6. The molecule has 2 unspecified atom stereocenters. The lowest BCUT2D eigenvalue weighted by atomic mass is 10.1. The smallest absolute Gasteiger partial charge is 0.211 e. The maximum atomic E-state index is 11.7. The summed E-state index contributed by atoms with van der Waals surface area (Å²) in [5.74, 6) is 1.70. The van der Waals surface area contributed by atoms with Gasteiger partial charge in [0.25, 0.3) is 0 Å². The molecule has 1 aromatic carbocycles. The number of hydrogen-bond donors (Lipinski definition) is 2. The number of nitrogens with zero attached hydrogens (tertiary/aromatic N) is 2. The van der Waals surface area contributed by atoms with Crippen molar-refractivity contribution in [3.8, 4) is 11.5 Å². The molecular formula is C19H27N3O5S. The fourth-order valence-electron chi connectivity index (χ4n) is 3.08. The number of aliphatic hydroxyl groups excluding tert-OH is 1. The van der Waals surface area contributed by atoms with Gasteiger partial charge >= 0.3 is 0 Å². The number of amidine groups is 1. The van der Waals surface area contributed by atoms with Crippen LogP contribution in [0.5, 0.6) is 11.5 Å². The third-order valence-corrected chi connectivity index (χ3v) is 5.77. The molecule has 0 aromatic heterocycles. The van der Waals surface area contributed by atoms with E-state index in [0.29, 0.717) is 42.4 Å². The summed E-state index contributed by atoms with van der Waals surface area (Å²) in [7, 11) is -3.22. The largest absolute Gasteiger partial charge is 0.491 e. The predicted octanol–water partition coefficient (Wildman–Crippen LogP) is 1.46. The molecule has 2 aliphatic heterocycles. The van der Waals surface area contributed by atoms with Crippen molar-refractivity contribution in [2.45, 2.75) is 45.6 Å². The second-order valence-electron chi connectivity index (χ2n) is 7.39. The second-order valence-corrected chi connectivity index (χ2v) is 9.38. The Kier molecular flexibility index (Phi) is 5.97. The minimum atomic E-state index is -3.22. The first kappa shape index (κ1) is 20.6. The Balaban J connectivity index is 1.84. The van der Waals surface area contributed by atoms with Gasteiger partial charge in [-0.3, -0.25) is 0 Å². The van der Waals surface area contributed by atoms with E-state index in [-0.39, 0.29) is 12.2 Å². The van der Waals surface area contributed by atoms with Crippen molar-refractivity contribution >= 4 is 15.9 Å². The van der Waals surface area contributed by atoms with E-state index in [1.54, 1.807) is 19.2 Å². The molecule has 1 aromatic rings. The van der Waals surface area contributed by atoms with E-state index in [2.05, 4.69) is 10.3 Å². The summed E-state index contributed by atoms with van der Waals surface area (Å²) in [6, 6.07) is 5.42. The molecule has 2 atom stereocenters. The summed E-state index contributed by atoms with van der Waals surface area (Å²) in [6.45, 7) is 6.42. The summed E-state index contributed by atoms with van der Waals surface area (Å²) in [4.78, 5) is 4.27. The van der Waals surface area contributed by atoms with Gasteiger partial charge in [0, 0.05) is 24.4 Å². The van der Waals surface area contributed by atoms with Gasteiger partial charge in [-0.05, 0) is 44.9 Å². The molecule has 2 N–H and O–H groups in total. The second kappa shape index (κ2) is 8.10. The van der Waals surface area contributed by atoms with Crippen LogP contribution in [-0.4, -0.2) is 61.4 Å². The molecule has 1 fully saturated rings. The number of sulfonamides is 1. The molecule has 2 heterocycles. The highest BCUT2D eigenvalue weighted by Crippen LogP contribution is 2.28. The van der Waals surface area contributed by atoms with E-state index in [1.165, 1.54) is 10.6 Å². The Morgan fingerprint density at radius 2 is 2.00 bits per heavy atom. The Morgan fingerprint density at radius 3 is 2.61 bits per heavy atom. The maximum Gasteiger partial charge on any atom is 0.211 e. The van der Waals surface area contributed by atoms with E-state index in [1.807, 2.05) is 26.0 Å². The van der Waals surface area contributed by atoms with Gasteiger partial charge in [-0.2, -0.15) is 4.31 Å². The fourth-order valence-corrected chi connectivity index (χ4v) is 3.95. The molecule has 0 saturated carbocycles. The van der Waals surface area contributed by atoms with Gasteiger partial charge in [0.2, 0.25) is 10.0 Å². The lowest BCUT2D eigenvalue weighted by molar-refractivity contribution is 0.210. The minimum Gasteiger partial charge on any atom is -0.491 e. The topological polar surface area (TPSA) is 100 Å². The lowest BCUT2D eigenvalue weighted by Gasteiger charge is -2.20. The van der Waals surface area contributed by atoms with Crippen LogP contribution in [-0.2, 0) is 10.0 Å². The van der Waals surface area contributed by atoms with Crippen molar-refractivity contribution in [2.24, 2.45) is 4.99 Å². The van der Waals surface area contributed by atoms with Crippen LogP contribution in [0.3, 0.4) is 0 Å². The van der Waals surface area contributed by atoms with Gasteiger partial charge < -0.3 is 19.9 Å². The number of hydrogen-bond acceptors (Lipinski definition) is 7. The number of aliphatic hydroxyl groups is 1. The summed E-state index contributed by atoms with van der Waals surface area (Å²) >= 11 is 0. The lowest BCUT2D eigenvalue weighted by Crippen LogP contribution is -2.30. The van der Waals surface area contributed by atoms with Crippen molar-refractivity contribution in [3.05, 3.63) is 35.5 Å². The van der Waals surface area contributed by atoms with E-state index < -0.39 is 16.3 Å². The zero-order valence-electron chi connectivity index (χ0n) is 16.5. The van der Waals surface area contributed by atoms with Gasteiger partial charge in [-0.1, -0.05) is 0 Å². The van der Waals surface area contributed by atoms with Gasteiger partial charge in [-0.25, -0.2) is 13.4 Å². The van der Waals surface area contributed by atoms with Crippen LogP contribution in [0.15, 0.2) is 35.0 Å². The molecule has 0 aliphatic carbocycles. The van der Waals surface area contributed by atoms with E-state index in [0.717, 1.165) is 5.57 Å². The molecule has 8 nitrogen and oxygen atoms in total. The molecule has 1 saturated heterocycles. The van der Waals surface area contributed by atoms with Crippen molar-refractivity contribution in [3.63, 3.8) is 0 Å². The summed E-state index contributed by atoms with van der Waals surface area (Å²) in [6.07, 6.45) is 2.39. The average Bonchev–Trinajstić information content (AvgIpc) is 3.05. The molecule has 9 heteroatoms. The highest BCUT2D eigenvalue weighted by Gasteiger charge is 2.30. The summed E-state index contributed by atoms with van der Waals surface area (Å²) in [5.41, 5.74) is 1.44. The SMILES string of the molecule is CC1=CNC(c2cc(OC(C)C)cc(OC3CCN(S(C)(=O)=O)C3)c2)=NC1O. The van der Waals surface area contributed by atoms with Gasteiger partial charge in [0.05, 0.1) is 18.9 Å². The normalized spacial score (nSPS) is 23.2. The molecule has 2 aliphatic rings. The van der Waals surface area contributed by atoms with Gasteiger partial charge in [0.15, 0.2) is 6.23 Å². The Bertz CT molecular complexity index is 895. The summed E-state index contributed by atoms with van der Waals surface area (Å²) in [5, 5.41) is 13.1. The molecule has 28 heavy (non-hydrogen) atoms. The van der Waals surface area contributed by atoms with Crippen LogP contribution in [0.1, 0.15) is 32.8 Å². The van der Waals surface area contributed by atoms with Crippen LogP contribution in [0.4, 0.5) is 0 Å². The molecular weight excluding hydrogens is 382 g/mol. The molecule has 0 radical (unpaired) electrons. The van der Waals surface area contributed by atoms with Crippen LogP contribution >= 0.6 is 0 Å². The third kappa shape index (κ3) is 5.03. The van der Waals surface area contributed by atoms with E-state index in [9.17, 15) is 13.5 Å². The number of nitrogens with one attached hydrogen (secondary N) is 1. The van der Waals surface area contributed by atoms with Crippen molar-refractivity contribution in [1.82, 2.24) is 9.62 Å². The molecule has 0 amide bonds. The first-order valence-electron chi connectivity index (χ1n) is 9.25. The predicted molar refractivity (Wildman–Crippen MR) is 107 cm³/mol. The molecule has 0 spiro atoms. The Morgan fingerprint density at radius 1 is 1.29 bits per heavy atom. The fraction of sp³-hybridized carbons (Fsp3) is 0.526. The van der Waals surface area contributed by atoms with E-state index >= 15 is 0 Å².